The molecule has 0 aromatic heterocycles. The quantitative estimate of drug-likeness (QED) is 0.697. The van der Waals surface area contributed by atoms with Gasteiger partial charge in [-0.25, -0.2) is 0 Å². The van der Waals surface area contributed by atoms with Crippen molar-refractivity contribution >= 4 is 5.91 Å². The molecule has 1 saturated heterocycles. The van der Waals surface area contributed by atoms with E-state index in [1.54, 1.807) is 38.4 Å². The molecule has 4 atom stereocenters. The van der Waals surface area contributed by atoms with Gasteiger partial charge in [0.1, 0.15) is 24.4 Å². The van der Waals surface area contributed by atoms with Gasteiger partial charge in [0.25, 0.3) is 5.91 Å². The molecule has 0 radical (unpaired) electrons. The number of carbonyl (C=O) groups is 1. The summed E-state index contributed by atoms with van der Waals surface area (Å²) in [6.45, 7) is -0.370. The zero-order valence-corrected chi connectivity index (χ0v) is 11.4. The number of amides is 1. The number of ether oxygens (including phenoxy) is 1. The molecule has 110 valence electrons. The molecule has 1 fully saturated rings. The third-order valence-electron chi connectivity index (χ3n) is 3.41. The molecule has 0 saturated carbocycles. The Kier molecular flexibility index (Phi) is 4.39. The van der Waals surface area contributed by atoms with E-state index in [9.17, 15) is 15.0 Å². The summed E-state index contributed by atoms with van der Waals surface area (Å²) in [7, 11) is 3.31. The molecule has 1 aromatic carbocycles. The highest BCUT2D eigenvalue weighted by Gasteiger charge is 2.43. The number of hydrogen-bond acceptors (Lipinski definition) is 5. The van der Waals surface area contributed by atoms with Crippen LogP contribution in [-0.2, 0) is 4.74 Å². The minimum atomic E-state index is -1.14. The lowest BCUT2D eigenvalue weighted by Crippen LogP contribution is -2.32. The highest BCUT2D eigenvalue weighted by Crippen LogP contribution is 2.33. The summed E-state index contributed by atoms with van der Waals surface area (Å²) in [5.74, 6) is -0.154. The fourth-order valence-corrected chi connectivity index (χ4v) is 2.28. The van der Waals surface area contributed by atoms with Crippen LogP contribution in [-0.4, -0.2) is 65.1 Å². The Balaban J connectivity index is 2.26. The van der Waals surface area contributed by atoms with E-state index in [0.29, 0.717) is 11.1 Å². The van der Waals surface area contributed by atoms with Gasteiger partial charge in [0, 0.05) is 19.7 Å². The van der Waals surface area contributed by atoms with Crippen LogP contribution >= 0.6 is 0 Å². The Hall–Kier alpha value is -1.47. The second-order valence-electron chi connectivity index (χ2n) is 5.08. The van der Waals surface area contributed by atoms with Crippen LogP contribution in [0.15, 0.2) is 24.3 Å². The summed E-state index contributed by atoms with van der Waals surface area (Å²) in [5, 5.41) is 28.8. The van der Waals surface area contributed by atoms with E-state index >= 15 is 0 Å². The molecule has 20 heavy (non-hydrogen) atoms. The predicted molar refractivity (Wildman–Crippen MR) is 71.2 cm³/mol. The fraction of sp³-hybridized carbons (Fsp3) is 0.500. The second kappa shape index (κ2) is 5.88. The number of aliphatic hydroxyl groups is 3. The summed E-state index contributed by atoms with van der Waals surface area (Å²) in [6.07, 6.45) is -3.84. The van der Waals surface area contributed by atoms with Gasteiger partial charge in [-0.05, 0) is 17.7 Å². The standard InChI is InChI=1S/C14H19NO5/c1-15(2)14(19)9-5-3-4-8(6-9)13-12(18)11(17)10(7-16)20-13/h3-6,10-13,16-18H,7H2,1-2H3/t10-,11-,12-,13+/m1/s1. The molecule has 2 rings (SSSR count). The first kappa shape index (κ1) is 14.9. The average Bonchev–Trinajstić information content (AvgIpc) is 2.74. The average molecular weight is 281 g/mol. The lowest BCUT2D eigenvalue weighted by molar-refractivity contribution is -0.0227. The normalized spacial score (nSPS) is 29.4. The summed E-state index contributed by atoms with van der Waals surface area (Å²) in [6, 6.07) is 6.71. The van der Waals surface area contributed by atoms with Gasteiger partial charge in [-0.2, -0.15) is 0 Å². The van der Waals surface area contributed by atoms with Gasteiger partial charge in [-0.15, -0.1) is 0 Å². The van der Waals surface area contributed by atoms with Crippen LogP contribution in [0.2, 0.25) is 0 Å². The lowest BCUT2D eigenvalue weighted by Gasteiger charge is -2.17. The van der Waals surface area contributed by atoms with Crippen molar-refractivity contribution < 1.29 is 24.9 Å². The smallest absolute Gasteiger partial charge is 0.253 e. The van der Waals surface area contributed by atoms with E-state index in [2.05, 4.69) is 0 Å². The first-order valence-electron chi connectivity index (χ1n) is 6.39. The van der Waals surface area contributed by atoms with E-state index < -0.39 is 24.4 Å². The summed E-state index contributed by atoms with van der Waals surface area (Å²) in [4.78, 5) is 13.4. The maximum atomic E-state index is 11.9. The molecule has 1 aliphatic rings. The van der Waals surface area contributed by atoms with Crippen molar-refractivity contribution in [2.45, 2.75) is 24.4 Å². The highest BCUT2D eigenvalue weighted by molar-refractivity contribution is 5.94. The van der Waals surface area contributed by atoms with Crippen LogP contribution in [0.5, 0.6) is 0 Å². The molecule has 0 unspecified atom stereocenters. The van der Waals surface area contributed by atoms with Crippen LogP contribution in [0.4, 0.5) is 0 Å². The van der Waals surface area contributed by atoms with Crippen LogP contribution < -0.4 is 0 Å². The van der Waals surface area contributed by atoms with Crippen molar-refractivity contribution in [1.29, 1.82) is 0 Å². The molecule has 1 amide bonds. The molecule has 1 heterocycles. The molecule has 1 aliphatic heterocycles. The highest BCUT2D eigenvalue weighted by atomic mass is 16.6. The largest absolute Gasteiger partial charge is 0.394 e. The number of nitrogens with zero attached hydrogens (tertiary/aromatic N) is 1. The Morgan fingerprint density at radius 3 is 2.55 bits per heavy atom. The lowest BCUT2D eigenvalue weighted by atomic mass is 9.99. The second-order valence-corrected chi connectivity index (χ2v) is 5.08. The minimum absolute atomic E-state index is 0.154. The first-order chi connectivity index (χ1) is 9.45. The number of aliphatic hydroxyl groups excluding tert-OH is 3. The summed E-state index contributed by atoms with van der Waals surface area (Å²) in [5.41, 5.74) is 1.07. The van der Waals surface area contributed by atoms with E-state index in [0.717, 1.165) is 0 Å². The molecule has 0 bridgehead atoms. The fourth-order valence-electron chi connectivity index (χ4n) is 2.28. The zero-order valence-electron chi connectivity index (χ0n) is 11.4. The maximum Gasteiger partial charge on any atom is 0.253 e. The Labute approximate surface area is 117 Å². The van der Waals surface area contributed by atoms with Crippen molar-refractivity contribution in [3.8, 4) is 0 Å². The monoisotopic (exact) mass is 281 g/mol. The number of benzene rings is 1. The van der Waals surface area contributed by atoms with Crippen molar-refractivity contribution in [3.63, 3.8) is 0 Å². The van der Waals surface area contributed by atoms with Gasteiger partial charge >= 0.3 is 0 Å². The van der Waals surface area contributed by atoms with E-state index in [1.165, 1.54) is 4.90 Å². The summed E-state index contributed by atoms with van der Waals surface area (Å²) >= 11 is 0. The maximum absolute atomic E-state index is 11.9. The summed E-state index contributed by atoms with van der Waals surface area (Å²) < 4.78 is 5.44. The zero-order chi connectivity index (χ0) is 14.9. The van der Waals surface area contributed by atoms with Gasteiger partial charge in [0.2, 0.25) is 0 Å². The van der Waals surface area contributed by atoms with Crippen molar-refractivity contribution in [2.24, 2.45) is 0 Å². The Morgan fingerprint density at radius 1 is 1.30 bits per heavy atom. The van der Waals surface area contributed by atoms with Crippen LogP contribution in [0, 0.1) is 0 Å². The van der Waals surface area contributed by atoms with Gasteiger partial charge in [0.05, 0.1) is 6.61 Å². The molecular formula is C14H19NO5. The van der Waals surface area contributed by atoms with E-state index in [1.807, 2.05) is 0 Å². The predicted octanol–water partition coefficient (Wildman–Crippen LogP) is -0.458. The minimum Gasteiger partial charge on any atom is -0.394 e. The number of rotatable bonds is 3. The van der Waals surface area contributed by atoms with Crippen LogP contribution in [0.25, 0.3) is 0 Å². The molecule has 1 aromatic rings. The van der Waals surface area contributed by atoms with Crippen molar-refractivity contribution in [3.05, 3.63) is 35.4 Å². The van der Waals surface area contributed by atoms with Gasteiger partial charge in [-0.1, -0.05) is 12.1 Å². The molecular weight excluding hydrogens is 262 g/mol. The number of carbonyl (C=O) groups excluding carboxylic acids is 1. The molecule has 0 aliphatic carbocycles. The third-order valence-corrected chi connectivity index (χ3v) is 3.41. The van der Waals surface area contributed by atoms with Gasteiger partial charge in [-0.3, -0.25) is 4.79 Å². The van der Waals surface area contributed by atoms with Gasteiger partial charge < -0.3 is 25.0 Å². The van der Waals surface area contributed by atoms with E-state index in [-0.39, 0.29) is 12.5 Å². The topological polar surface area (TPSA) is 90.2 Å². The van der Waals surface area contributed by atoms with Crippen molar-refractivity contribution in [1.82, 2.24) is 4.90 Å². The SMILES string of the molecule is CN(C)C(=O)c1cccc([C@@H]2O[C@H](CO)[C@@H](O)[C@H]2O)c1. The number of hydrogen-bond donors (Lipinski definition) is 3. The van der Waals surface area contributed by atoms with Crippen LogP contribution in [0.3, 0.4) is 0 Å². The van der Waals surface area contributed by atoms with Gasteiger partial charge in [0.15, 0.2) is 0 Å². The molecule has 6 heteroatoms. The van der Waals surface area contributed by atoms with Crippen molar-refractivity contribution in [2.75, 3.05) is 20.7 Å². The Morgan fingerprint density at radius 2 is 2.00 bits per heavy atom. The first-order valence-corrected chi connectivity index (χ1v) is 6.39. The van der Waals surface area contributed by atoms with Crippen LogP contribution in [0.1, 0.15) is 22.0 Å². The molecule has 0 spiro atoms. The molecule has 6 nitrogen and oxygen atoms in total. The molecule has 3 N–H and O–H groups in total. The Bertz CT molecular complexity index is 490. The van der Waals surface area contributed by atoms with E-state index in [4.69, 9.17) is 9.84 Å². The third kappa shape index (κ3) is 2.69.